The molecule has 0 fully saturated rings. The van der Waals surface area contributed by atoms with Crippen LogP contribution in [-0.2, 0) is 15.2 Å². The lowest BCUT2D eigenvalue weighted by Crippen LogP contribution is -1.89. The molecular formula is C7H5BrFO3S. The van der Waals surface area contributed by atoms with Crippen molar-refractivity contribution in [3.05, 3.63) is 40.7 Å². The van der Waals surface area contributed by atoms with Crippen molar-refractivity contribution in [3.8, 4) is 0 Å². The summed E-state index contributed by atoms with van der Waals surface area (Å²) < 4.78 is 37.3. The minimum absolute atomic E-state index is 0.316. The van der Waals surface area contributed by atoms with Crippen molar-refractivity contribution in [2.75, 3.05) is 0 Å². The Labute approximate surface area is 84.8 Å². The molecule has 1 aromatic carbocycles. The first-order valence-corrected chi connectivity index (χ1v) is 5.08. The largest absolute Gasteiger partial charge is 0.261 e. The lowest BCUT2D eigenvalue weighted by molar-refractivity contribution is 0.428. The molecule has 0 N–H and O–H groups in total. The van der Waals surface area contributed by atoms with Crippen LogP contribution in [-0.4, -0.2) is 8.42 Å². The van der Waals surface area contributed by atoms with Crippen LogP contribution in [0.15, 0.2) is 22.7 Å². The number of thiol groups is 1. The van der Waals surface area contributed by atoms with E-state index in [9.17, 15) is 12.8 Å². The Bertz CT molecular complexity index is 370. The zero-order chi connectivity index (χ0) is 9.84. The molecule has 13 heavy (non-hydrogen) atoms. The monoisotopic (exact) mass is 267 g/mol. The average Bonchev–Trinajstić information content (AvgIpc) is 2.07. The first kappa shape index (κ1) is 10.6. The second-order valence-electron chi connectivity index (χ2n) is 2.12. The van der Waals surface area contributed by atoms with Crippen molar-refractivity contribution >= 4 is 26.9 Å². The lowest BCUT2D eigenvalue weighted by Gasteiger charge is -1.98. The first-order chi connectivity index (χ1) is 6.09. The fraction of sp³-hybridized carbons (Fsp3) is 0. The van der Waals surface area contributed by atoms with Gasteiger partial charge in [0.25, 0.3) is 11.0 Å². The van der Waals surface area contributed by atoms with Crippen LogP contribution in [0.25, 0.3) is 0 Å². The summed E-state index contributed by atoms with van der Waals surface area (Å²) in [6.07, 6.45) is 0. The van der Waals surface area contributed by atoms with Gasteiger partial charge in [-0.2, -0.15) is 0 Å². The molecule has 0 aromatic heterocycles. The zero-order valence-corrected chi connectivity index (χ0v) is 8.72. The normalized spacial score (nSPS) is 10.7. The van der Waals surface area contributed by atoms with Gasteiger partial charge in [-0.15, -0.1) is 0 Å². The van der Waals surface area contributed by atoms with Crippen molar-refractivity contribution in [2.24, 2.45) is 0 Å². The molecule has 0 spiro atoms. The van der Waals surface area contributed by atoms with E-state index in [4.69, 9.17) is 0 Å². The summed E-state index contributed by atoms with van der Waals surface area (Å²) in [5.41, 5.74) is 0.347. The standard InChI is InChI=1S/C7H5BrFO3S/c8-6-2-1-5(3-7(6)9)4-12-13(10)11/h1-4,13H. The van der Waals surface area contributed by atoms with Gasteiger partial charge in [-0.25, -0.2) is 12.8 Å². The highest BCUT2D eigenvalue weighted by Gasteiger charge is 2.01. The van der Waals surface area contributed by atoms with Crippen LogP contribution in [0.3, 0.4) is 0 Å². The quantitative estimate of drug-likeness (QED) is 0.847. The Kier molecular flexibility index (Phi) is 3.83. The van der Waals surface area contributed by atoms with Crippen LogP contribution in [0.5, 0.6) is 0 Å². The minimum Gasteiger partial charge on any atom is -0.261 e. The minimum atomic E-state index is -2.93. The molecule has 6 heteroatoms. The maximum absolute atomic E-state index is 12.8. The fourth-order valence-corrected chi connectivity index (χ4v) is 1.14. The van der Waals surface area contributed by atoms with Crippen molar-refractivity contribution in [2.45, 2.75) is 0 Å². The summed E-state index contributed by atoms with van der Waals surface area (Å²) in [5.74, 6) is -0.474. The van der Waals surface area contributed by atoms with Gasteiger partial charge in [0, 0.05) is 0 Å². The van der Waals surface area contributed by atoms with E-state index in [0.717, 1.165) is 12.7 Å². The molecule has 0 aliphatic rings. The van der Waals surface area contributed by atoms with E-state index in [2.05, 4.69) is 20.1 Å². The number of hydrogen-bond acceptors (Lipinski definition) is 3. The Morgan fingerprint density at radius 2 is 2.15 bits per heavy atom. The molecule has 0 saturated carbocycles. The SMILES string of the molecule is O=[SH](=O)O[CH]c1ccc(Br)c(F)c1. The Balaban J connectivity index is 2.74. The Morgan fingerprint density at radius 1 is 1.46 bits per heavy atom. The summed E-state index contributed by atoms with van der Waals surface area (Å²) in [5, 5.41) is 0. The predicted octanol–water partition coefficient (Wildman–Crippen LogP) is 1.64. The van der Waals surface area contributed by atoms with Gasteiger partial charge in [0.05, 0.1) is 4.47 Å². The van der Waals surface area contributed by atoms with E-state index in [-0.39, 0.29) is 0 Å². The van der Waals surface area contributed by atoms with E-state index >= 15 is 0 Å². The maximum atomic E-state index is 12.8. The van der Waals surface area contributed by atoms with Crippen LogP contribution in [0.1, 0.15) is 5.56 Å². The number of rotatable bonds is 3. The van der Waals surface area contributed by atoms with E-state index in [1.807, 2.05) is 0 Å². The van der Waals surface area contributed by atoms with Gasteiger partial charge in [0.15, 0.2) is 0 Å². The summed E-state index contributed by atoms with van der Waals surface area (Å²) in [7, 11) is -2.93. The van der Waals surface area contributed by atoms with Gasteiger partial charge in [0.2, 0.25) is 0 Å². The van der Waals surface area contributed by atoms with Crippen molar-refractivity contribution < 1.29 is 17.0 Å². The van der Waals surface area contributed by atoms with Crippen LogP contribution < -0.4 is 0 Å². The number of hydrogen-bond donors (Lipinski definition) is 1. The third-order valence-electron chi connectivity index (χ3n) is 1.22. The molecule has 3 nitrogen and oxygen atoms in total. The highest BCUT2D eigenvalue weighted by atomic mass is 79.9. The van der Waals surface area contributed by atoms with Crippen molar-refractivity contribution in [1.82, 2.24) is 0 Å². The molecule has 0 aliphatic carbocycles. The number of halogens is 2. The van der Waals surface area contributed by atoms with Gasteiger partial charge < -0.3 is 0 Å². The Hall–Kier alpha value is -0.460. The van der Waals surface area contributed by atoms with Crippen LogP contribution >= 0.6 is 15.9 Å². The predicted molar refractivity (Wildman–Crippen MR) is 48.9 cm³/mol. The van der Waals surface area contributed by atoms with Gasteiger partial charge in [-0.05, 0) is 33.6 Å². The topological polar surface area (TPSA) is 43.4 Å². The molecule has 0 bridgehead atoms. The van der Waals surface area contributed by atoms with E-state index < -0.39 is 16.8 Å². The third-order valence-corrected chi connectivity index (χ3v) is 2.14. The third kappa shape index (κ3) is 3.41. The summed E-state index contributed by atoms with van der Waals surface area (Å²) in [6.45, 7) is 0.960. The van der Waals surface area contributed by atoms with Gasteiger partial charge in [-0.1, -0.05) is 6.07 Å². The summed E-state index contributed by atoms with van der Waals surface area (Å²) >= 11 is 2.96. The second kappa shape index (κ2) is 4.69. The molecule has 0 heterocycles. The molecule has 0 atom stereocenters. The smallest absolute Gasteiger partial charge is 0.257 e. The highest BCUT2D eigenvalue weighted by Crippen LogP contribution is 2.17. The molecule has 71 valence electrons. The van der Waals surface area contributed by atoms with Crippen molar-refractivity contribution in [1.29, 1.82) is 0 Å². The van der Waals surface area contributed by atoms with Gasteiger partial charge in [-0.3, -0.25) is 4.18 Å². The van der Waals surface area contributed by atoms with Crippen LogP contribution in [0.4, 0.5) is 4.39 Å². The molecule has 1 radical (unpaired) electrons. The molecule has 1 rings (SSSR count). The van der Waals surface area contributed by atoms with E-state index in [1.54, 1.807) is 0 Å². The van der Waals surface area contributed by atoms with Crippen molar-refractivity contribution in [3.63, 3.8) is 0 Å². The summed E-state index contributed by atoms with van der Waals surface area (Å²) in [4.78, 5) is 0. The maximum Gasteiger partial charge on any atom is 0.257 e. The first-order valence-electron chi connectivity index (χ1n) is 3.19. The average molecular weight is 268 g/mol. The number of benzene rings is 1. The lowest BCUT2D eigenvalue weighted by atomic mass is 10.2. The Morgan fingerprint density at radius 3 is 2.69 bits per heavy atom. The molecule has 0 aliphatic heterocycles. The zero-order valence-electron chi connectivity index (χ0n) is 6.24. The molecule has 1 aromatic rings. The summed E-state index contributed by atoms with van der Waals surface area (Å²) in [6, 6.07) is 4.14. The van der Waals surface area contributed by atoms with E-state index in [0.29, 0.717) is 10.0 Å². The fourth-order valence-electron chi connectivity index (χ4n) is 0.690. The van der Waals surface area contributed by atoms with Crippen LogP contribution in [0.2, 0.25) is 0 Å². The molecular weight excluding hydrogens is 263 g/mol. The molecule has 0 saturated heterocycles. The molecule has 0 amide bonds. The van der Waals surface area contributed by atoms with Gasteiger partial charge >= 0.3 is 0 Å². The van der Waals surface area contributed by atoms with Gasteiger partial charge in [0.1, 0.15) is 12.4 Å². The van der Waals surface area contributed by atoms with E-state index in [1.165, 1.54) is 12.1 Å². The highest BCUT2D eigenvalue weighted by molar-refractivity contribution is 9.10. The molecule has 0 unspecified atom stereocenters. The second-order valence-corrected chi connectivity index (χ2v) is 3.63. The van der Waals surface area contributed by atoms with Crippen LogP contribution in [0, 0.1) is 12.4 Å².